The number of benzene rings is 1. The van der Waals surface area contributed by atoms with E-state index >= 15 is 0 Å². The molecule has 1 aromatic heterocycles. The van der Waals surface area contributed by atoms with Crippen LogP contribution < -0.4 is 16.0 Å². The highest BCUT2D eigenvalue weighted by Crippen LogP contribution is 2.35. The molecular formula is C17H19ClF3N5O. The van der Waals surface area contributed by atoms with E-state index in [0.717, 1.165) is 17.4 Å². The van der Waals surface area contributed by atoms with Gasteiger partial charge in [-0.2, -0.15) is 18.2 Å². The molecule has 27 heavy (non-hydrogen) atoms. The Labute approximate surface area is 159 Å². The van der Waals surface area contributed by atoms with Crippen LogP contribution in [0, 0.1) is 0 Å². The first-order valence-corrected chi connectivity index (χ1v) is 8.91. The fraction of sp³-hybridized carbons (Fsp3) is 0.412. The number of nitrogens with zero attached hydrogens (tertiary/aromatic N) is 2. The van der Waals surface area contributed by atoms with Crippen molar-refractivity contribution in [3.05, 3.63) is 35.5 Å². The van der Waals surface area contributed by atoms with E-state index in [2.05, 4.69) is 25.9 Å². The van der Waals surface area contributed by atoms with Crippen LogP contribution in [-0.2, 0) is 12.6 Å². The van der Waals surface area contributed by atoms with Gasteiger partial charge < -0.3 is 21.1 Å². The van der Waals surface area contributed by atoms with E-state index in [0.29, 0.717) is 18.5 Å². The lowest BCUT2D eigenvalue weighted by Crippen LogP contribution is -2.24. The van der Waals surface area contributed by atoms with E-state index in [1.54, 1.807) is 19.1 Å². The molecule has 2 unspecified atom stereocenters. The van der Waals surface area contributed by atoms with Crippen LogP contribution in [0.3, 0.4) is 0 Å². The second-order valence-corrected chi connectivity index (χ2v) is 6.66. The molecule has 6 nitrogen and oxygen atoms in total. The van der Waals surface area contributed by atoms with Crippen LogP contribution in [0.5, 0.6) is 0 Å². The van der Waals surface area contributed by atoms with Crippen molar-refractivity contribution in [2.24, 2.45) is 0 Å². The number of fused-ring (bicyclic) bond motifs is 1. The first-order chi connectivity index (χ1) is 12.8. The van der Waals surface area contributed by atoms with Crippen molar-refractivity contribution in [1.82, 2.24) is 9.97 Å². The van der Waals surface area contributed by atoms with Gasteiger partial charge in [0.25, 0.3) is 0 Å². The van der Waals surface area contributed by atoms with Crippen molar-refractivity contribution >= 4 is 34.7 Å². The summed E-state index contributed by atoms with van der Waals surface area (Å²) in [5.41, 5.74) is 1.51. The van der Waals surface area contributed by atoms with Crippen molar-refractivity contribution in [2.75, 3.05) is 21.8 Å². The number of rotatable bonds is 5. The number of anilines is 4. The Morgan fingerprint density at radius 1 is 1.41 bits per heavy atom. The number of aliphatic hydroxyl groups is 1. The van der Waals surface area contributed by atoms with Crippen LogP contribution in [0.4, 0.5) is 36.3 Å². The average molecular weight is 402 g/mol. The topological polar surface area (TPSA) is 82.1 Å². The Morgan fingerprint density at radius 3 is 2.89 bits per heavy atom. The zero-order valence-electron chi connectivity index (χ0n) is 14.4. The second-order valence-electron chi connectivity index (χ2n) is 6.35. The van der Waals surface area contributed by atoms with Crippen molar-refractivity contribution in [3.8, 4) is 0 Å². The molecule has 0 amide bonds. The van der Waals surface area contributed by atoms with Gasteiger partial charge in [-0.1, -0.05) is 0 Å². The molecule has 0 saturated carbocycles. The van der Waals surface area contributed by atoms with Gasteiger partial charge in [0.05, 0.1) is 0 Å². The standard InChI is InChI=1S/C17H19ClF3N5O/c1-9(7-18)23-15-12(17(19,20)21)8-22-16(26-15)24-11-3-4-13-10(6-11)2-5-14(27)25-13/h3-4,6,8-9,14,25,27H,2,5,7H2,1H3,(H2,22,23,24,26). The molecule has 0 spiro atoms. The summed E-state index contributed by atoms with van der Waals surface area (Å²) in [5.74, 6) is -0.153. The molecule has 0 fully saturated rings. The Hall–Kier alpha value is -2.26. The summed E-state index contributed by atoms with van der Waals surface area (Å²) in [4.78, 5) is 7.77. The summed E-state index contributed by atoms with van der Waals surface area (Å²) in [6, 6.07) is 4.99. The van der Waals surface area contributed by atoms with Gasteiger partial charge in [-0.25, -0.2) is 4.98 Å². The number of halogens is 4. The molecule has 0 radical (unpaired) electrons. The van der Waals surface area contributed by atoms with E-state index in [1.807, 2.05) is 6.07 Å². The van der Waals surface area contributed by atoms with Gasteiger partial charge in [-0.05, 0) is 43.5 Å². The SMILES string of the molecule is CC(CCl)Nc1nc(Nc2ccc3c(c2)CCC(O)N3)ncc1C(F)(F)F. The van der Waals surface area contributed by atoms with Crippen LogP contribution in [0.15, 0.2) is 24.4 Å². The summed E-state index contributed by atoms with van der Waals surface area (Å²) in [6.07, 6.45) is -3.14. The monoisotopic (exact) mass is 401 g/mol. The van der Waals surface area contributed by atoms with E-state index in [9.17, 15) is 18.3 Å². The normalized spacial score (nSPS) is 17.6. The van der Waals surface area contributed by atoms with Crippen LogP contribution in [-0.4, -0.2) is 33.2 Å². The van der Waals surface area contributed by atoms with Gasteiger partial charge in [0.1, 0.15) is 17.6 Å². The van der Waals surface area contributed by atoms with E-state index < -0.39 is 24.0 Å². The van der Waals surface area contributed by atoms with Crippen molar-refractivity contribution in [2.45, 2.75) is 38.2 Å². The number of hydrogen-bond acceptors (Lipinski definition) is 6. The number of aromatic nitrogens is 2. The summed E-state index contributed by atoms with van der Waals surface area (Å²) >= 11 is 5.69. The van der Waals surface area contributed by atoms with Crippen molar-refractivity contribution in [1.29, 1.82) is 0 Å². The van der Waals surface area contributed by atoms with Gasteiger partial charge >= 0.3 is 6.18 Å². The van der Waals surface area contributed by atoms with Gasteiger partial charge in [0.2, 0.25) is 5.95 Å². The quantitative estimate of drug-likeness (QED) is 0.568. The third kappa shape index (κ3) is 4.72. The molecule has 2 heterocycles. The zero-order valence-corrected chi connectivity index (χ0v) is 15.2. The Kier molecular flexibility index (Phi) is 5.61. The minimum Gasteiger partial charge on any atom is -0.374 e. The third-order valence-electron chi connectivity index (χ3n) is 4.08. The molecule has 4 N–H and O–H groups in total. The molecule has 0 bridgehead atoms. The number of aliphatic hydroxyl groups excluding tert-OH is 1. The maximum atomic E-state index is 13.2. The predicted octanol–water partition coefficient (Wildman–Crippen LogP) is 3.95. The van der Waals surface area contributed by atoms with E-state index in [1.165, 1.54) is 0 Å². The first-order valence-electron chi connectivity index (χ1n) is 8.37. The van der Waals surface area contributed by atoms with Crippen LogP contribution in [0.25, 0.3) is 0 Å². The summed E-state index contributed by atoms with van der Waals surface area (Å²) in [5, 5.41) is 18.2. The lowest BCUT2D eigenvalue weighted by atomic mass is 10.0. The van der Waals surface area contributed by atoms with Gasteiger partial charge in [0, 0.05) is 29.5 Å². The molecule has 3 rings (SSSR count). The highest BCUT2D eigenvalue weighted by atomic mass is 35.5. The van der Waals surface area contributed by atoms with Crippen molar-refractivity contribution in [3.63, 3.8) is 0 Å². The van der Waals surface area contributed by atoms with Crippen LogP contribution in [0.1, 0.15) is 24.5 Å². The first kappa shape index (κ1) is 19.5. The number of alkyl halides is 4. The molecule has 10 heteroatoms. The van der Waals surface area contributed by atoms with Gasteiger partial charge in [0.15, 0.2) is 0 Å². The lowest BCUT2D eigenvalue weighted by molar-refractivity contribution is -0.137. The minimum absolute atomic E-state index is 0.0380. The maximum absolute atomic E-state index is 13.2. The van der Waals surface area contributed by atoms with Gasteiger partial charge in [-0.3, -0.25) is 0 Å². The maximum Gasteiger partial charge on any atom is 0.421 e. The number of aryl methyl sites for hydroxylation is 1. The molecule has 2 atom stereocenters. The Morgan fingerprint density at radius 2 is 2.19 bits per heavy atom. The van der Waals surface area contributed by atoms with Crippen LogP contribution in [0.2, 0.25) is 0 Å². The highest BCUT2D eigenvalue weighted by Gasteiger charge is 2.35. The second kappa shape index (κ2) is 7.77. The predicted molar refractivity (Wildman–Crippen MR) is 98.5 cm³/mol. The Bertz CT molecular complexity index is 818. The molecule has 1 aliphatic rings. The Balaban J connectivity index is 1.85. The fourth-order valence-electron chi connectivity index (χ4n) is 2.72. The molecular weight excluding hydrogens is 383 g/mol. The van der Waals surface area contributed by atoms with E-state index in [4.69, 9.17) is 11.6 Å². The number of hydrogen-bond donors (Lipinski definition) is 4. The average Bonchev–Trinajstić information content (AvgIpc) is 2.61. The smallest absolute Gasteiger partial charge is 0.374 e. The molecule has 1 aromatic carbocycles. The summed E-state index contributed by atoms with van der Waals surface area (Å²) < 4.78 is 39.5. The number of nitrogens with one attached hydrogen (secondary N) is 3. The van der Waals surface area contributed by atoms with Crippen molar-refractivity contribution < 1.29 is 18.3 Å². The minimum atomic E-state index is -4.58. The molecule has 2 aromatic rings. The lowest BCUT2D eigenvalue weighted by Gasteiger charge is -2.23. The molecule has 0 aliphatic carbocycles. The largest absolute Gasteiger partial charge is 0.421 e. The molecule has 146 valence electrons. The third-order valence-corrected chi connectivity index (χ3v) is 4.54. The van der Waals surface area contributed by atoms with E-state index in [-0.39, 0.29) is 17.6 Å². The molecule has 1 aliphatic heterocycles. The fourth-order valence-corrected chi connectivity index (χ4v) is 2.80. The molecule has 0 saturated heterocycles. The summed E-state index contributed by atoms with van der Waals surface area (Å²) in [7, 11) is 0. The van der Waals surface area contributed by atoms with Gasteiger partial charge in [-0.15, -0.1) is 11.6 Å². The summed E-state index contributed by atoms with van der Waals surface area (Å²) in [6.45, 7) is 1.66. The zero-order chi connectivity index (χ0) is 19.6. The van der Waals surface area contributed by atoms with Crippen LogP contribution >= 0.6 is 11.6 Å². The highest BCUT2D eigenvalue weighted by molar-refractivity contribution is 6.18.